The average molecular weight is 379 g/mol. The van der Waals surface area contributed by atoms with E-state index >= 15 is 0 Å². The molecular formula is C26H38N2. The highest BCUT2D eigenvalue weighted by molar-refractivity contribution is 5.58. The molecule has 2 aromatic rings. The molecule has 0 spiro atoms. The third-order valence-corrected chi connectivity index (χ3v) is 6.48. The monoisotopic (exact) mass is 378 g/mol. The Balaban J connectivity index is 1.51. The van der Waals surface area contributed by atoms with Crippen molar-refractivity contribution in [3.8, 4) is 11.3 Å². The Bertz CT molecular complexity index is 667. The van der Waals surface area contributed by atoms with Gasteiger partial charge in [-0.1, -0.05) is 76.6 Å². The van der Waals surface area contributed by atoms with Crippen molar-refractivity contribution >= 4 is 0 Å². The number of nitrogens with zero attached hydrogens (tertiary/aromatic N) is 2. The largest absolute Gasteiger partial charge is 0.155 e. The Hall–Kier alpha value is -1.70. The van der Waals surface area contributed by atoms with Gasteiger partial charge in [0.1, 0.15) is 0 Å². The van der Waals surface area contributed by atoms with Gasteiger partial charge in [0.25, 0.3) is 0 Å². The van der Waals surface area contributed by atoms with Gasteiger partial charge in [-0.2, -0.15) is 10.2 Å². The Morgan fingerprint density at radius 3 is 2.11 bits per heavy atom. The molecule has 1 fully saturated rings. The molecule has 2 heteroatoms. The molecule has 1 aromatic carbocycles. The molecule has 1 saturated carbocycles. The van der Waals surface area contributed by atoms with Crippen LogP contribution in [0, 0.1) is 5.92 Å². The molecule has 2 nitrogen and oxygen atoms in total. The van der Waals surface area contributed by atoms with Gasteiger partial charge in [-0.15, -0.1) is 0 Å². The normalized spacial score (nSPS) is 19.6. The maximum absolute atomic E-state index is 4.61. The van der Waals surface area contributed by atoms with E-state index in [9.17, 15) is 0 Å². The van der Waals surface area contributed by atoms with E-state index in [0.29, 0.717) is 5.92 Å². The van der Waals surface area contributed by atoms with Crippen molar-refractivity contribution in [3.63, 3.8) is 0 Å². The van der Waals surface area contributed by atoms with Gasteiger partial charge in [0.05, 0.1) is 11.4 Å². The zero-order valence-electron chi connectivity index (χ0n) is 18.0. The molecule has 3 rings (SSSR count). The van der Waals surface area contributed by atoms with Crippen molar-refractivity contribution in [2.45, 2.75) is 96.8 Å². The van der Waals surface area contributed by atoms with E-state index < -0.39 is 0 Å². The second-order valence-corrected chi connectivity index (χ2v) is 8.71. The lowest BCUT2D eigenvalue weighted by molar-refractivity contribution is 0.299. The van der Waals surface area contributed by atoms with Crippen LogP contribution in [0.1, 0.15) is 102 Å². The lowest BCUT2D eigenvalue weighted by Crippen LogP contribution is -2.14. The van der Waals surface area contributed by atoms with Crippen molar-refractivity contribution in [1.82, 2.24) is 10.2 Å². The van der Waals surface area contributed by atoms with Crippen LogP contribution in [0.2, 0.25) is 0 Å². The number of benzene rings is 1. The lowest BCUT2D eigenvalue weighted by atomic mass is 9.78. The summed E-state index contributed by atoms with van der Waals surface area (Å²) in [4.78, 5) is 0. The van der Waals surface area contributed by atoms with Gasteiger partial charge in [-0.25, -0.2) is 0 Å². The van der Waals surface area contributed by atoms with Gasteiger partial charge >= 0.3 is 0 Å². The minimum Gasteiger partial charge on any atom is -0.155 e. The fourth-order valence-electron chi connectivity index (χ4n) is 4.57. The summed E-state index contributed by atoms with van der Waals surface area (Å²) >= 11 is 0. The second-order valence-electron chi connectivity index (χ2n) is 8.71. The van der Waals surface area contributed by atoms with Gasteiger partial charge in [-0.05, 0) is 62.1 Å². The van der Waals surface area contributed by atoms with Gasteiger partial charge in [0.15, 0.2) is 0 Å². The van der Waals surface area contributed by atoms with Crippen LogP contribution in [0.5, 0.6) is 0 Å². The highest BCUT2D eigenvalue weighted by Crippen LogP contribution is 2.37. The zero-order chi connectivity index (χ0) is 19.6. The van der Waals surface area contributed by atoms with Crippen molar-refractivity contribution in [2.75, 3.05) is 0 Å². The Kier molecular flexibility index (Phi) is 8.51. The minimum absolute atomic E-state index is 0.616. The fraction of sp³-hybridized carbons (Fsp3) is 0.615. The summed E-state index contributed by atoms with van der Waals surface area (Å²) < 4.78 is 0. The van der Waals surface area contributed by atoms with Crippen LogP contribution in [0.3, 0.4) is 0 Å². The quantitative estimate of drug-likeness (QED) is 0.395. The number of aryl methyl sites for hydroxylation is 1. The molecule has 152 valence electrons. The Labute approximate surface area is 172 Å². The van der Waals surface area contributed by atoms with Gasteiger partial charge in [0, 0.05) is 11.5 Å². The van der Waals surface area contributed by atoms with Crippen molar-refractivity contribution in [3.05, 3.63) is 47.7 Å². The summed E-state index contributed by atoms with van der Waals surface area (Å²) in [7, 11) is 0. The lowest BCUT2D eigenvalue weighted by Gasteiger charge is -2.28. The fourth-order valence-corrected chi connectivity index (χ4v) is 4.57. The highest BCUT2D eigenvalue weighted by Gasteiger charge is 2.23. The van der Waals surface area contributed by atoms with Crippen LogP contribution < -0.4 is 0 Å². The molecule has 0 radical (unpaired) electrons. The summed E-state index contributed by atoms with van der Waals surface area (Å²) in [6, 6.07) is 13.3. The standard InChI is InChI=1S/C26H38N2/c1-3-5-7-9-21-11-15-23(16-12-21)25-19-20-26(28-27-25)24-17-13-22(14-18-24)10-8-6-4-2/h11-12,15-16,19-20,22,24H,3-10,13-14,17-18H2,1-2H3. The van der Waals surface area contributed by atoms with E-state index in [0.717, 1.165) is 11.6 Å². The van der Waals surface area contributed by atoms with Crippen LogP contribution in [0.25, 0.3) is 11.3 Å². The molecule has 0 N–H and O–H groups in total. The van der Waals surface area contributed by atoms with E-state index in [1.807, 2.05) is 0 Å². The second kappa shape index (κ2) is 11.3. The molecule has 28 heavy (non-hydrogen) atoms. The number of unbranched alkanes of at least 4 members (excludes halogenated alkanes) is 4. The van der Waals surface area contributed by atoms with Crippen LogP contribution in [-0.4, -0.2) is 10.2 Å². The summed E-state index contributed by atoms with van der Waals surface area (Å²) in [5, 5.41) is 9.17. The smallest absolute Gasteiger partial charge is 0.0929 e. The molecule has 1 aromatic heterocycles. The first-order valence-electron chi connectivity index (χ1n) is 11.7. The number of hydrogen-bond donors (Lipinski definition) is 0. The Morgan fingerprint density at radius 1 is 0.750 bits per heavy atom. The number of aromatic nitrogens is 2. The first-order valence-corrected chi connectivity index (χ1v) is 11.7. The molecular weight excluding hydrogens is 340 g/mol. The SMILES string of the molecule is CCCCCc1ccc(-c2ccc(C3CCC(CCCCC)CC3)nn2)cc1. The van der Waals surface area contributed by atoms with Crippen LogP contribution in [0.15, 0.2) is 36.4 Å². The molecule has 0 atom stereocenters. The molecule has 1 aliphatic rings. The molecule has 0 saturated heterocycles. The predicted octanol–water partition coefficient (Wildman–Crippen LogP) is 7.73. The first-order chi connectivity index (χ1) is 13.8. The third kappa shape index (κ3) is 6.15. The van der Waals surface area contributed by atoms with Crippen LogP contribution in [0.4, 0.5) is 0 Å². The van der Waals surface area contributed by atoms with Crippen LogP contribution in [-0.2, 0) is 6.42 Å². The van der Waals surface area contributed by atoms with Crippen molar-refractivity contribution in [1.29, 1.82) is 0 Å². The van der Waals surface area contributed by atoms with E-state index in [1.54, 1.807) is 0 Å². The third-order valence-electron chi connectivity index (χ3n) is 6.48. The number of rotatable bonds is 10. The Morgan fingerprint density at radius 2 is 1.46 bits per heavy atom. The topological polar surface area (TPSA) is 25.8 Å². The van der Waals surface area contributed by atoms with Crippen molar-refractivity contribution in [2.24, 2.45) is 5.92 Å². The molecule has 1 aliphatic carbocycles. The van der Waals surface area contributed by atoms with Crippen molar-refractivity contribution < 1.29 is 0 Å². The van der Waals surface area contributed by atoms with E-state index in [4.69, 9.17) is 0 Å². The molecule has 0 unspecified atom stereocenters. The van der Waals surface area contributed by atoms with E-state index in [2.05, 4.69) is 60.4 Å². The first kappa shape index (κ1) is 21.0. The maximum atomic E-state index is 4.61. The molecule has 0 amide bonds. The van der Waals surface area contributed by atoms with Gasteiger partial charge in [0.2, 0.25) is 0 Å². The summed E-state index contributed by atoms with van der Waals surface area (Å²) in [5.41, 5.74) is 4.81. The molecule has 0 aliphatic heterocycles. The molecule has 0 bridgehead atoms. The maximum Gasteiger partial charge on any atom is 0.0929 e. The van der Waals surface area contributed by atoms with Crippen LogP contribution >= 0.6 is 0 Å². The predicted molar refractivity (Wildman–Crippen MR) is 120 cm³/mol. The average Bonchev–Trinajstić information content (AvgIpc) is 2.75. The molecule has 1 heterocycles. The van der Waals surface area contributed by atoms with E-state index in [-0.39, 0.29) is 0 Å². The summed E-state index contributed by atoms with van der Waals surface area (Å²) in [5.74, 6) is 1.57. The van der Waals surface area contributed by atoms with E-state index in [1.165, 1.54) is 93.9 Å². The summed E-state index contributed by atoms with van der Waals surface area (Å²) in [6.07, 6.45) is 16.0. The van der Waals surface area contributed by atoms with Gasteiger partial charge in [-0.3, -0.25) is 0 Å². The number of hydrogen-bond acceptors (Lipinski definition) is 2. The minimum atomic E-state index is 0.616. The summed E-state index contributed by atoms with van der Waals surface area (Å²) in [6.45, 7) is 4.55. The zero-order valence-corrected chi connectivity index (χ0v) is 18.0. The van der Waals surface area contributed by atoms with Gasteiger partial charge < -0.3 is 0 Å². The highest BCUT2D eigenvalue weighted by atomic mass is 15.1.